The molecule has 1 aromatic carbocycles. The molecule has 0 heterocycles. The van der Waals surface area contributed by atoms with E-state index in [0.717, 1.165) is 5.56 Å². The van der Waals surface area contributed by atoms with E-state index in [2.05, 4.69) is 11.4 Å². The summed E-state index contributed by atoms with van der Waals surface area (Å²) in [7, 11) is 0. The van der Waals surface area contributed by atoms with Gasteiger partial charge in [0, 0.05) is 0 Å². The number of benzene rings is 1. The van der Waals surface area contributed by atoms with E-state index in [1.165, 1.54) is 0 Å². The predicted octanol–water partition coefficient (Wildman–Crippen LogP) is 2.60. The molecule has 0 aliphatic heterocycles. The van der Waals surface area contributed by atoms with Crippen LogP contribution in [0.25, 0.3) is 0 Å². The van der Waals surface area contributed by atoms with Crippen molar-refractivity contribution in [3.63, 3.8) is 0 Å². The van der Waals surface area contributed by atoms with Gasteiger partial charge in [-0.1, -0.05) is 37.3 Å². The van der Waals surface area contributed by atoms with Crippen molar-refractivity contribution in [2.24, 2.45) is 0 Å². The average Bonchev–Trinajstić information content (AvgIpc) is 2.38. The number of nitrogens with one attached hydrogen (secondary N) is 1. The van der Waals surface area contributed by atoms with Gasteiger partial charge < -0.3 is 5.32 Å². The van der Waals surface area contributed by atoms with Gasteiger partial charge in [0.25, 0.3) is 0 Å². The Morgan fingerprint density at radius 2 is 2.06 bits per heavy atom. The monoisotopic (exact) mass is 230 g/mol. The molecule has 0 radical (unpaired) electrons. The van der Waals surface area contributed by atoms with E-state index in [-0.39, 0.29) is 11.8 Å². The molecular weight excluding hydrogens is 212 g/mol. The van der Waals surface area contributed by atoms with Crippen LogP contribution in [0.2, 0.25) is 0 Å². The Bertz CT molecular complexity index is 422. The Morgan fingerprint density at radius 1 is 1.47 bits per heavy atom. The predicted molar refractivity (Wildman–Crippen MR) is 67.3 cm³/mol. The molecule has 1 N–H and O–H groups in total. The standard InChI is InChI=1S/C14H18N2O/c1-4-14(3,10-15)16-13(17)11(2)12-8-6-5-7-9-12/h5-9,11H,4H2,1-3H3,(H,16,17). The van der Waals surface area contributed by atoms with Crippen LogP contribution < -0.4 is 5.32 Å². The van der Waals surface area contributed by atoms with Crippen molar-refractivity contribution in [3.8, 4) is 6.07 Å². The number of nitriles is 1. The minimum atomic E-state index is -0.778. The lowest BCUT2D eigenvalue weighted by atomic mass is 9.96. The van der Waals surface area contributed by atoms with Crippen LogP contribution in [0, 0.1) is 11.3 Å². The maximum atomic E-state index is 12.0. The highest BCUT2D eigenvalue weighted by molar-refractivity contribution is 5.84. The molecule has 1 aromatic rings. The molecule has 2 unspecified atom stereocenters. The largest absolute Gasteiger partial charge is 0.338 e. The Balaban J connectivity index is 2.76. The Hall–Kier alpha value is -1.82. The summed E-state index contributed by atoms with van der Waals surface area (Å²) >= 11 is 0. The fourth-order valence-corrected chi connectivity index (χ4v) is 1.47. The van der Waals surface area contributed by atoms with Crippen LogP contribution in [0.4, 0.5) is 0 Å². The number of amides is 1. The molecule has 0 aliphatic carbocycles. The molecule has 2 atom stereocenters. The third-order valence-electron chi connectivity index (χ3n) is 3.05. The molecule has 90 valence electrons. The van der Waals surface area contributed by atoms with Crippen LogP contribution >= 0.6 is 0 Å². The molecule has 1 rings (SSSR count). The van der Waals surface area contributed by atoms with Crippen LogP contribution in [0.15, 0.2) is 30.3 Å². The van der Waals surface area contributed by atoms with Gasteiger partial charge in [0.2, 0.25) is 5.91 Å². The smallest absolute Gasteiger partial charge is 0.228 e. The van der Waals surface area contributed by atoms with Gasteiger partial charge in [0.1, 0.15) is 5.54 Å². The molecule has 3 nitrogen and oxygen atoms in total. The van der Waals surface area contributed by atoms with Crippen molar-refractivity contribution in [2.45, 2.75) is 38.6 Å². The molecule has 0 bridgehead atoms. The third-order valence-corrected chi connectivity index (χ3v) is 3.05. The molecule has 17 heavy (non-hydrogen) atoms. The Morgan fingerprint density at radius 3 is 2.53 bits per heavy atom. The summed E-state index contributed by atoms with van der Waals surface area (Å²) in [6.07, 6.45) is 0.594. The molecule has 0 saturated carbocycles. The summed E-state index contributed by atoms with van der Waals surface area (Å²) in [5.41, 5.74) is 0.182. The first kappa shape index (κ1) is 13.2. The highest BCUT2D eigenvalue weighted by atomic mass is 16.2. The van der Waals surface area contributed by atoms with E-state index < -0.39 is 5.54 Å². The van der Waals surface area contributed by atoms with Gasteiger partial charge in [-0.15, -0.1) is 0 Å². The zero-order valence-electron chi connectivity index (χ0n) is 10.5. The lowest BCUT2D eigenvalue weighted by Crippen LogP contribution is -2.45. The molecule has 0 saturated heterocycles. The van der Waals surface area contributed by atoms with Crippen LogP contribution in [0.3, 0.4) is 0 Å². The first-order valence-corrected chi connectivity index (χ1v) is 5.80. The molecule has 0 aromatic heterocycles. The van der Waals surface area contributed by atoms with E-state index in [9.17, 15) is 4.79 Å². The fraction of sp³-hybridized carbons (Fsp3) is 0.429. The normalized spacial score (nSPS) is 15.4. The number of hydrogen-bond acceptors (Lipinski definition) is 2. The second-order valence-electron chi connectivity index (χ2n) is 4.42. The molecule has 0 spiro atoms. The zero-order valence-corrected chi connectivity index (χ0v) is 10.5. The van der Waals surface area contributed by atoms with Gasteiger partial charge in [-0.25, -0.2) is 0 Å². The quantitative estimate of drug-likeness (QED) is 0.864. The van der Waals surface area contributed by atoms with Crippen molar-refractivity contribution in [2.75, 3.05) is 0 Å². The molecular formula is C14H18N2O. The number of carbonyl (C=O) groups is 1. The highest BCUT2D eigenvalue weighted by Crippen LogP contribution is 2.17. The van der Waals surface area contributed by atoms with Crippen LogP contribution in [0.1, 0.15) is 38.7 Å². The topological polar surface area (TPSA) is 52.9 Å². The first-order chi connectivity index (χ1) is 8.02. The Labute approximate surface area is 102 Å². The third kappa shape index (κ3) is 3.32. The molecule has 3 heteroatoms. The van der Waals surface area contributed by atoms with Gasteiger partial charge >= 0.3 is 0 Å². The van der Waals surface area contributed by atoms with E-state index in [4.69, 9.17) is 5.26 Å². The van der Waals surface area contributed by atoms with Crippen molar-refractivity contribution in [1.82, 2.24) is 5.32 Å². The van der Waals surface area contributed by atoms with Crippen molar-refractivity contribution >= 4 is 5.91 Å². The minimum absolute atomic E-state index is 0.109. The summed E-state index contributed by atoms with van der Waals surface area (Å²) in [6, 6.07) is 11.7. The summed E-state index contributed by atoms with van der Waals surface area (Å²) in [5, 5.41) is 11.8. The molecule has 1 amide bonds. The first-order valence-electron chi connectivity index (χ1n) is 5.80. The van der Waals surface area contributed by atoms with Gasteiger partial charge in [0.05, 0.1) is 12.0 Å². The van der Waals surface area contributed by atoms with Gasteiger partial charge in [-0.3, -0.25) is 4.79 Å². The lowest BCUT2D eigenvalue weighted by Gasteiger charge is -2.23. The lowest BCUT2D eigenvalue weighted by molar-refractivity contribution is -0.123. The Kier molecular flexibility index (Phi) is 4.28. The number of carbonyl (C=O) groups excluding carboxylic acids is 1. The number of rotatable bonds is 4. The number of nitrogens with zero attached hydrogens (tertiary/aromatic N) is 1. The van der Waals surface area contributed by atoms with Crippen molar-refractivity contribution in [3.05, 3.63) is 35.9 Å². The van der Waals surface area contributed by atoms with Crippen LogP contribution in [0.5, 0.6) is 0 Å². The van der Waals surface area contributed by atoms with Gasteiger partial charge in [0.15, 0.2) is 0 Å². The molecule has 0 aliphatic rings. The second-order valence-corrected chi connectivity index (χ2v) is 4.42. The van der Waals surface area contributed by atoms with Crippen LogP contribution in [-0.2, 0) is 4.79 Å². The average molecular weight is 230 g/mol. The van der Waals surface area contributed by atoms with E-state index in [0.29, 0.717) is 6.42 Å². The molecule has 0 fully saturated rings. The SMILES string of the molecule is CCC(C)(C#N)NC(=O)C(C)c1ccccc1. The van der Waals surface area contributed by atoms with Gasteiger partial charge in [-0.2, -0.15) is 5.26 Å². The fourth-order valence-electron chi connectivity index (χ4n) is 1.47. The van der Waals surface area contributed by atoms with Gasteiger partial charge in [-0.05, 0) is 25.8 Å². The van der Waals surface area contributed by atoms with E-state index in [1.807, 2.05) is 44.2 Å². The van der Waals surface area contributed by atoms with Crippen LogP contribution in [-0.4, -0.2) is 11.4 Å². The maximum Gasteiger partial charge on any atom is 0.228 e. The van der Waals surface area contributed by atoms with Crippen molar-refractivity contribution < 1.29 is 4.79 Å². The highest BCUT2D eigenvalue weighted by Gasteiger charge is 2.26. The minimum Gasteiger partial charge on any atom is -0.338 e. The summed E-state index contributed by atoms with van der Waals surface area (Å²) in [6.45, 7) is 5.47. The van der Waals surface area contributed by atoms with E-state index >= 15 is 0 Å². The second kappa shape index (κ2) is 5.49. The maximum absolute atomic E-state index is 12.0. The summed E-state index contributed by atoms with van der Waals surface area (Å²) in [4.78, 5) is 12.0. The zero-order chi connectivity index (χ0) is 12.9. The van der Waals surface area contributed by atoms with E-state index in [1.54, 1.807) is 6.92 Å². The summed E-state index contributed by atoms with van der Waals surface area (Å²) < 4.78 is 0. The van der Waals surface area contributed by atoms with Crippen molar-refractivity contribution in [1.29, 1.82) is 5.26 Å². The summed E-state index contributed by atoms with van der Waals surface area (Å²) in [5.74, 6) is -0.350. The number of hydrogen-bond donors (Lipinski definition) is 1.